The molecule has 0 spiro atoms. The highest BCUT2D eigenvalue weighted by atomic mass is 32.2. The summed E-state index contributed by atoms with van der Waals surface area (Å²) in [7, 11) is -4.58. The molecule has 0 radical (unpaired) electrons. The van der Waals surface area contributed by atoms with Gasteiger partial charge in [0.05, 0.1) is 11.4 Å². The summed E-state index contributed by atoms with van der Waals surface area (Å²) < 4.78 is 34.4. The highest BCUT2D eigenvalue weighted by Crippen LogP contribution is 2.39. The Labute approximate surface area is 196 Å². The molecule has 0 aliphatic rings. The first kappa shape index (κ1) is 23.4. The van der Waals surface area contributed by atoms with Gasteiger partial charge in [0.25, 0.3) is 15.7 Å². The number of H-pyrrole nitrogens is 1. The van der Waals surface area contributed by atoms with Gasteiger partial charge in [-0.05, 0) is 30.0 Å². The fraction of sp³-hybridized carbons (Fsp3) is 0.208. The van der Waals surface area contributed by atoms with E-state index in [9.17, 15) is 22.9 Å². The highest BCUT2D eigenvalue weighted by Gasteiger charge is 2.20. The van der Waals surface area contributed by atoms with Crippen LogP contribution in [0.1, 0.15) is 32.0 Å². The molecule has 3 aromatic carbocycles. The van der Waals surface area contributed by atoms with Crippen LogP contribution in [-0.2, 0) is 15.5 Å². The van der Waals surface area contributed by atoms with Crippen molar-refractivity contribution >= 4 is 32.3 Å². The fourth-order valence-electron chi connectivity index (χ4n) is 3.68. The first-order chi connectivity index (χ1) is 15.9. The maximum absolute atomic E-state index is 13.1. The van der Waals surface area contributed by atoms with Crippen LogP contribution in [0.3, 0.4) is 0 Å². The van der Waals surface area contributed by atoms with Gasteiger partial charge in [-0.2, -0.15) is 8.42 Å². The van der Waals surface area contributed by atoms with Gasteiger partial charge in [0, 0.05) is 16.8 Å². The molecule has 1 aromatic heterocycles. The zero-order valence-electron chi connectivity index (χ0n) is 19.1. The minimum Gasteiger partial charge on any atom is -0.506 e. The number of aromatic amines is 1. The van der Waals surface area contributed by atoms with E-state index in [2.05, 4.69) is 36.1 Å². The van der Waals surface area contributed by atoms with E-state index in [4.69, 9.17) is 0 Å². The van der Waals surface area contributed by atoms with Crippen molar-refractivity contribution in [1.29, 1.82) is 0 Å². The number of benzene rings is 3. The molecular formula is C24H24N4O5S. The first-order valence-electron chi connectivity index (χ1n) is 10.4. The molecule has 1 heterocycles. The average Bonchev–Trinajstić information content (AvgIpc) is 3.05. The summed E-state index contributed by atoms with van der Waals surface area (Å²) in [5.41, 5.74) is 1.67. The van der Waals surface area contributed by atoms with E-state index in [1.165, 1.54) is 10.7 Å². The van der Waals surface area contributed by atoms with Crippen LogP contribution in [0.5, 0.6) is 5.75 Å². The van der Waals surface area contributed by atoms with E-state index in [1.54, 1.807) is 31.2 Å². The molecule has 10 heteroatoms. The van der Waals surface area contributed by atoms with E-state index in [0.717, 1.165) is 11.6 Å². The summed E-state index contributed by atoms with van der Waals surface area (Å²) >= 11 is 0. The van der Waals surface area contributed by atoms with Crippen molar-refractivity contribution in [2.75, 3.05) is 0 Å². The maximum atomic E-state index is 13.1. The van der Waals surface area contributed by atoms with Crippen molar-refractivity contribution in [1.82, 2.24) is 9.78 Å². The van der Waals surface area contributed by atoms with E-state index >= 15 is 0 Å². The number of phenols is 1. The predicted octanol–water partition coefficient (Wildman–Crippen LogP) is 5.29. The van der Waals surface area contributed by atoms with Crippen LogP contribution in [0.4, 0.5) is 11.4 Å². The number of aromatic hydroxyl groups is 1. The van der Waals surface area contributed by atoms with Crippen LogP contribution in [0, 0.1) is 6.92 Å². The SMILES string of the molecule is Cc1[nH]n(-c2cccc(C(C)(C)C)c2)c(=O)c1N=Nc1c(O)cc(S(=O)(=O)O)c2ccccc12. The van der Waals surface area contributed by atoms with Crippen LogP contribution in [0.25, 0.3) is 16.5 Å². The van der Waals surface area contributed by atoms with Crippen LogP contribution >= 0.6 is 0 Å². The summed E-state index contributed by atoms with van der Waals surface area (Å²) in [5.74, 6) is -0.499. The summed E-state index contributed by atoms with van der Waals surface area (Å²) in [4.78, 5) is 12.7. The average molecular weight is 481 g/mol. The Morgan fingerprint density at radius 1 is 0.941 bits per heavy atom. The molecule has 0 fully saturated rings. The molecule has 0 aliphatic heterocycles. The molecule has 0 saturated carbocycles. The normalized spacial score (nSPS) is 12.6. The Morgan fingerprint density at radius 3 is 2.24 bits per heavy atom. The van der Waals surface area contributed by atoms with Gasteiger partial charge in [-0.15, -0.1) is 10.2 Å². The predicted molar refractivity (Wildman–Crippen MR) is 129 cm³/mol. The van der Waals surface area contributed by atoms with E-state index < -0.39 is 26.3 Å². The summed E-state index contributed by atoms with van der Waals surface area (Å²) in [5, 5.41) is 22.0. The molecule has 0 atom stereocenters. The van der Waals surface area contributed by atoms with E-state index in [0.29, 0.717) is 11.4 Å². The Kier molecular flexibility index (Phi) is 5.66. The third-order valence-corrected chi connectivity index (χ3v) is 6.39. The smallest absolute Gasteiger partial charge is 0.299 e. The van der Waals surface area contributed by atoms with Gasteiger partial charge < -0.3 is 5.11 Å². The van der Waals surface area contributed by atoms with Crippen LogP contribution < -0.4 is 5.56 Å². The molecule has 0 amide bonds. The molecule has 34 heavy (non-hydrogen) atoms. The lowest BCUT2D eigenvalue weighted by Gasteiger charge is -2.19. The van der Waals surface area contributed by atoms with E-state index in [-0.39, 0.29) is 27.6 Å². The zero-order chi connectivity index (χ0) is 24.8. The molecule has 0 saturated heterocycles. The topological polar surface area (TPSA) is 137 Å². The summed E-state index contributed by atoms with van der Waals surface area (Å²) in [6, 6.07) is 14.8. The van der Waals surface area contributed by atoms with Crippen molar-refractivity contribution in [3.8, 4) is 11.4 Å². The lowest BCUT2D eigenvalue weighted by molar-refractivity contribution is 0.468. The quantitative estimate of drug-likeness (QED) is 0.269. The first-order valence-corrected chi connectivity index (χ1v) is 11.9. The van der Waals surface area contributed by atoms with Gasteiger partial charge in [0.2, 0.25) is 0 Å². The van der Waals surface area contributed by atoms with Crippen LogP contribution in [-0.4, -0.2) is 27.9 Å². The fourth-order valence-corrected chi connectivity index (χ4v) is 4.40. The second-order valence-corrected chi connectivity index (χ2v) is 10.4. The number of phenolic OH excluding ortho intramolecular Hbond substituents is 1. The van der Waals surface area contributed by atoms with Crippen molar-refractivity contribution < 1.29 is 18.1 Å². The van der Waals surface area contributed by atoms with Gasteiger partial charge in [0.1, 0.15) is 16.3 Å². The van der Waals surface area contributed by atoms with Gasteiger partial charge in [0.15, 0.2) is 5.69 Å². The van der Waals surface area contributed by atoms with E-state index in [1.807, 2.05) is 18.2 Å². The minimum absolute atomic E-state index is 0.0238. The van der Waals surface area contributed by atoms with Gasteiger partial charge in [-0.1, -0.05) is 57.2 Å². The van der Waals surface area contributed by atoms with Crippen LogP contribution in [0.15, 0.2) is 74.5 Å². The monoisotopic (exact) mass is 480 g/mol. The lowest BCUT2D eigenvalue weighted by atomic mass is 9.87. The number of aromatic nitrogens is 2. The number of nitrogens with one attached hydrogen (secondary N) is 1. The minimum atomic E-state index is -4.58. The van der Waals surface area contributed by atoms with Crippen molar-refractivity contribution in [3.63, 3.8) is 0 Å². The summed E-state index contributed by atoms with van der Waals surface area (Å²) in [6.07, 6.45) is 0. The molecule has 0 unspecified atom stereocenters. The van der Waals surface area contributed by atoms with Gasteiger partial charge in [-0.25, -0.2) is 4.68 Å². The number of azo groups is 1. The molecule has 0 bridgehead atoms. The summed E-state index contributed by atoms with van der Waals surface area (Å²) in [6.45, 7) is 7.93. The maximum Gasteiger partial charge on any atom is 0.299 e. The molecule has 4 aromatic rings. The molecule has 0 aliphatic carbocycles. The second kappa shape index (κ2) is 8.23. The lowest BCUT2D eigenvalue weighted by Crippen LogP contribution is -2.16. The number of nitrogens with zero attached hydrogens (tertiary/aromatic N) is 3. The van der Waals surface area contributed by atoms with Gasteiger partial charge in [-0.3, -0.25) is 14.4 Å². The number of hydrogen-bond donors (Lipinski definition) is 3. The molecule has 9 nitrogen and oxygen atoms in total. The molecular weight excluding hydrogens is 456 g/mol. The Hall–Kier alpha value is -3.76. The molecule has 176 valence electrons. The second-order valence-electron chi connectivity index (χ2n) is 8.99. The van der Waals surface area contributed by atoms with Gasteiger partial charge >= 0.3 is 0 Å². The van der Waals surface area contributed by atoms with Crippen LogP contribution in [0.2, 0.25) is 0 Å². The Morgan fingerprint density at radius 2 is 1.59 bits per heavy atom. The number of hydrogen-bond acceptors (Lipinski definition) is 6. The van der Waals surface area contributed by atoms with Crippen molar-refractivity contribution in [2.24, 2.45) is 10.2 Å². The largest absolute Gasteiger partial charge is 0.506 e. The Balaban J connectivity index is 1.83. The Bertz CT molecular complexity index is 1610. The zero-order valence-corrected chi connectivity index (χ0v) is 19.9. The molecule has 4 rings (SSSR count). The number of rotatable bonds is 4. The van der Waals surface area contributed by atoms with Crippen molar-refractivity contribution in [3.05, 3.63) is 76.2 Å². The molecule has 3 N–H and O–H groups in total. The number of aryl methyl sites for hydroxylation is 1. The standard InChI is InChI=1S/C24H24N4O5S/c1-14-21(23(30)28(27-14)16-9-7-8-15(12-16)24(2,3)4)25-26-22-18-11-6-5-10-17(18)20(13-19(22)29)34(31,32)33/h5-13,27,29H,1-4H3,(H,31,32,33). The third kappa shape index (κ3) is 4.25. The highest BCUT2D eigenvalue weighted by molar-refractivity contribution is 7.86. The third-order valence-electron chi connectivity index (χ3n) is 5.50. The number of fused-ring (bicyclic) bond motifs is 1. The van der Waals surface area contributed by atoms with Crippen molar-refractivity contribution in [2.45, 2.75) is 38.0 Å².